The van der Waals surface area contributed by atoms with Crippen molar-refractivity contribution in [1.29, 1.82) is 0 Å². The molecule has 0 aliphatic carbocycles. The van der Waals surface area contributed by atoms with E-state index in [1.165, 1.54) is 0 Å². The maximum atomic E-state index is 10.9. The van der Waals surface area contributed by atoms with Gasteiger partial charge in [0.25, 0.3) is 0 Å². The number of nitrogens with one attached hydrogen (secondary N) is 1. The van der Waals surface area contributed by atoms with Crippen LogP contribution >= 0.6 is 0 Å². The summed E-state index contributed by atoms with van der Waals surface area (Å²) in [6.07, 6.45) is 0. The van der Waals surface area contributed by atoms with Crippen LogP contribution in [-0.2, 0) is 0 Å². The van der Waals surface area contributed by atoms with E-state index < -0.39 is 5.97 Å². The first-order valence-electron chi connectivity index (χ1n) is 4.20. The minimum Gasteiger partial charge on any atom is -0.478 e. The van der Waals surface area contributed by atoms with Crippen LogP contribution in [0.4, 0.5) is 5.69 Å². The van der Waals surface area contributed by atoms with Crippen LogP contribution < -0.4 is 5.73 Å². The van der Waals surface area contributed by atoms with Gasteiger partial charge in [0.1, 0.15) is 0 Å². The molecule has 4 nitrogen and oxygen atoms in total. The van der Waals surface area contributed by atoms with Crippen LogP contribution in [0.2, 0.25) is 0 Å². The SMILES string of the molecule is Cc1[nH]c2cc(N)ccc2c1C(=O)O. The standard InChI is InChI=1S/C10H10N2O2/c1-5-9(10(13)14)7-3-2-6(11)4-8(7)12-5/h2-4,12H,11H2,1H3,(H,13,14). The van der Waals surface area contributed by atoms with E-state index in [1.54, 1.807) is 25.1 Å². The first-order valence-corrected chi connectivity index (χ1v) is 4.20. The molecule has 1 aromatic carbocycles. The first-order chi connectivity index (χ1) is 6.59. The van der Waals surface area contributed by atoms with Gasteiger partial charge in [-0.25, -0.2) is 4.79 Å². The van der Waals surface area contributed by atoms with Crippen LogP contribution in [-0.4, -0.2) is 16.1 Å². The second kappa shape index (κ2) is 2.77. The third kappa shape index (κ3) is 1.12. The van der Waals surface area contributed by atoms with Gasteiger partial charge in [-0.2, -0.15) is 0 Å². The number of carboxylic acid groups (broad SMARTS) is 1. The number of nitrogen functional groups attached to an aromatic ring is 1. The summed E-state index contributed by atoms with van der Waals surface area (Å²) in [7, 11) is 0. The number of anilines is 1. The van der Waals surface area contributed by atoms with Crippen molar-refractivity contribution in [2.45, 2.75) is 6.92 Å². The quantitative estimate of drug-likeness (QED) is 0.599. The molecule has 0 fully saturated rings. The van der Waals surface area contributed by atoms with Crippen molar-refractivity contribution >= 4 is 22.6 Å². The van der Waals surface area contributed by atoms with Gasteiger partial charge in [-0.3, -0.25) is 0 Å². The molecule has 14 heavy (non-hydrogen) atoms. The molecular weight excluding hydrogens is 180 g/mol. The third-order valence-corrected chi connectivity index (χ3v) is 2.22. The third-order valence-electron chi connectivity index (χ3n) is 2.22. The van der Waals surface area contributed by atoms with E-state index in [4.69, 9.17) is 10.8 Å². The van der Waals surface area contributed by atoms with E-state index in [2.05, 4.69) is 4.98 Å². The molecule has 2 rings (SSSR count). The van der Waals surface area contributed by atoms with Crippen molar-refractivity contribution in [1.82, 2.24) is 4.98 Å². The average molecular weight is 190 g/mol. The van der Waals surface area contributed by atoms with Gasteiger partial charge in [0.15, 0.2) is 0 Å². The van der Waals surface area contributed by atoms with E-state index in [-0.39, 0.29) is 0 Å². The molecule has 2 aromatic rings. The number of aryl methyl sites for hydroxylation is 1. The number of H-pyrrole nitrogens is 1. The highest BCUT2D eigenvalue weighted by atomic mass is 16.4. The van der Waals surface area contributed by atoms with Gasteiger partial charge in [0.05, 0.1) is 5.56 Å². The van der Waals surface area contributed by atoms with Crippen molar-refractivity contribution in [3.63, 3.8) is 0 Å². The number of nitrogens with two attached hydrogens (primary N) is 1. The van der Waals surface area contributed by atoms with Crippen molar-refractivity contribution in [3.05, 3.63) is 29.5 Å². The van der Waals surface area contributed by atoms with Gasteiger partial charge >= 0.3 is 5.97 Å². The van der Waals surface area contributed by atoms with Crippen LogP contribution in [0.1, 0.15) is 16.1 Å². The monoisotopic (exact) mass is 190 g/mol. The fourth-order valence-corrected chi connectivity index (χ4v) is 1.63. The van der Waals surface area contributed by atoms with Crippen molar-refractivity contribution < 1.29 is 9.90 Å². The molecule has 72 valence electrons. The zero-order chi connectivity index (χ0) is 10.3. The molecule has 0 aliphatic rings. The maximum absolute atomic E-state index is 10.9. The Bertz CT molecular complexity index is 514. The molecule has 0 saturated heterocycles. The molecule has 0 saturated carbocycles. The second-order valence-corrected chi connectivity index (χ2v) is 3.24. The summed E-state index contributed by atoms with van der Waals surface area (Å²) in [6, 6.07) is 5.15. The molecule has 0 unspecified atom stereocenters. The Morgan fingerprint density at radius 2 is 2.21 bits per heavy atom. The zero-order valence-electron chi connectivity index (χ0n) is 7.66. The number of benzene rings is 1. The lowest BCUT2D eigenvalue weighted by molar-refractivity contribution is 0.0698. The molecule has 0 amide bonds. The summed E-state index contributed by atoms with van der Waals surface area (Å²) in [4.78, 5) is 13.9. The number of hydrogen-bond acceptors (Lipinski definition) is 2. The number of rotatable bonds is 1. The van der Waals surface area contributed by atoms with Crippen molar-refractivity contribution in [2.75, 3.05) is 5.73 Å². The Balaban J connectivity index is 2.84. The summed E-state index contributed by atoms with van der Waals surface area (Å²) in [5.74, 6) is -0.918. The predicted molar refractivity (Wildman–Crippen MR) is 54.4 cm³/mol. The summed E-state index contributed by atoms with van der Waals surface area (Å²) < 4.78 is 0. The highest BCUT2D eigenvalue weighted by Gasteiger charge is 2.14. The Morgan fingerprint density at radius 1 is 1.50 bits per heavy atom. The van der Waals surface area contributed by atoms with Gasteiger partial charge in [-0.05, 0) is 25.1 Å². The highest BCUT2D eigenvalue weighted by molar-refractivity contribution is 6.05. The average Bonchev–Trinajstić information content (AvgIpc) is 2.39. The fraction of sp³-hybridized carbons (Fsp3) is 0.100. The second-order valence-electron chi connectivity index (χ2n) is 3.24. The molecular formula is C10H10N2O2. The lowest BCUT2D eigenvalue weighted by Crippen LogP contribution is -1.96. The summed E-state index contributed by atoms with van der Waals surface area (Å²) in [5.41, 5.74) is 7.95. The smallest absolute Gasteiger partial charge is 0.338 e. The van der Waals surface area contributed by atoms with Crippen LogP contribution in [0.15, 0.2) is 18.2 Å². The van der Waals surface area contributed by atoms with Gasteiger partial charge in [0, 0.05) is 22.3 Å². The van der Waals surface area contributed by atoms with E-state index in [0.717, 1.165) is 5.52 Å². The first kappa shape index (κ1) is 8.62. The van der Waals surface area contributed by atoms with Crippen LogP contribution in [0.25, 0.3) is 10.9 Å². The van der Waals surface area contributed by atoms with Gasteiger partial charge in [0.2, 0.25) is 0 Å². The van der Waals surface area contributed by atoms with Crippen LogP contribution in [0.5, 0.6) is 0 Å². The number of carbonyl (C=O) groups is 1. The minimum atomic E-state index is -0.918. The molecule has 0 aliphatic heterocycles. The topological polar surface area (TPSA) is 79.1 Å². The predicted octanol–water partition coefficient (Wildman–Crippen LogP) is 1.76. The minimum absolute atomic E-state index is 0.319. The Morgan fingerprint density at radius 3 is 2.86 bits per heavy atom. The molecule has 0 spiro atoms. The zero-order valence-corrected chi connectivity index (χ0v) is 7.66. The lowest BCUT2D eigenvalue weighted by atomic mass is 10.1. The summed E-state index contributed by atoms with van der Waals surface area (Å²) >= 11 is 0. The fourth-order valence-electron chi connectivity index (χ4n) is 1.63. The maximum Gasteiger partial charge on any atom is 0.338 e. The van der Waals surface area contributed by atoms with E-state index in [1.807, 2.05) is 0 Å². The Hall–Kier alpha value is -1.97. The van der Waals surface area contributed by atoms with Crippen LogP contribution in [0, 0.1) is 6.92 Å². The molecule has 4 N–H and O–H groups in total. The van der Waals surface area contributed by atoms with E-state index >= 15 is 0 Å². The Labute approximate surface area is 80.3 Å². The number of fused-ring (bicyclic) bond motifs is 1. The molecule has 4 heteroatoms. The molecule has 1 aromatic heterocycles. The summed E-state index contributed by atoms with van der Waals surface area (Å²) in [5, 5.41) is 9.67. The van der Waals surface area contributed by atoms with Gasteiger partial charge in [-0.1, -0.05) is 0 Å². The van der Waals surface area contributed by atoms with Crippen LogP contribution in [0.3, 0.4) is 0 Å². The van der Waals surface area contributed by atoms with E-state index in [9.17, 15) is 4.79 Å². The lowest BCUT2D eigenvalue weighted by Gasteiger charge is -1.94. The highest BCUT2D eigenvalue weighted by Crippen LogP contribution is 2.23. The summed E-state index contributed by atoms with van der Waals surface area (Å²) in [6.45, 7) is 1.74. The molecule has 0 atom stereocenters. The van der Waals surface area contributed by atoms with Gasteiger partial charge in [-0.15, -0.1) is 0 Å². The Kier molecular flexibility index (Phi) is 1.70. The number of aromatic carboxylic acids is 1. The number of aromatic amines is 1. The van der Waals surface area contributed by atoms with Crippen molar-refractivity contribution in [2.24, 2.45) is 0 Å². The number of carboxylic acids is 1. The van der Waals surface area contributed by atoms with Gasteiger partial charge < -0.3 is 15.8 Å². The largest absolute Gasteiger partial charge is 0.478 e. The molecule has 0 radical (unpaired) electrons. The van der Waals surface area contributed by atoms with E-state index in [0.29, 0.717) is 22.3 Å². The number of aromatic nitrogens is 1. The normalized spacial score (nSPS) is 10.6. The molecule has 1 heterocycles. The molecule has 0 bridgehead atoms. The van der Waals surface area contributed by atoms with Crippen molar-refractivity contribution in [3.8, 4) is 0 Å². The number of hydrogen-bond donors (Lipinski definition) is 3.